The summed E-state index contributed by atoms with van der Waals surface area (Å²) in [6.07, 6.45) is -0.234. The molecule has 4 rings (SSSR count). The number of rotatable bonds is 7. The van der Waals surface area contributed by atoms with Crippen LogP contribution in [0.3, 0.4) is 0 Å². The van der Waals surface area contributed by atoms with Crippen molar-refractivity contribution in [2.24, 2.45) is 0 Å². The molecule has 168 valence electrons. The van der Waals surface area contributed by atoms with E-state index >= 15 is 0 Å². The molecule has 1 heterocycles. The molecule has 2 aliphatic rings. The minimum absolute atomic E-state index is 0.329. The molecule has 0 amide bonds. The molecule has 31 heavy (non-hydrogen) atoms. The van der Waals surface area contributed by atoms with Crippen molar-refractivity contribution in [1.82, 2.24) is 9.62 Å². The van der Waals surface area contributed by atoms with Crippen LogP contribution in [0.2, 0.25) is 0 Å². The van der Waals surface area contributed by atoms with Crippen molar-refractivity contribution in [3.63, 3.8) is 0 Å². The van der Waals surface area contributed by atoms with Gasteiger partial charge in [-0.25, -0.2) is 13.1 Å². The van der Waals surface area contributed by atoms with Gasteiger partial charge in [-0.15, -0.1) is 0 Å². The Morgan fingerprint density at radius 2 is 1.81 bits per heavy atom. The first kappa shape index (κ1) is 22.1. The van der Waals surface area contributed by atoms with E-state index in [-0.39, 0.29) is 10.9 Å². The summed E-state index contributed by atoms with van der Waals surface area (Å²) in [5.41, 5.74) is 0.121. The maximum absolute atomic E-state index is 12.9. The summed E-state index contributed by atoms with van der Waals surface area (Å²) in [5.74, 6) is 0.863. The van der Waals surface area contributed by atoms with Crippen molar-refractivity contribution in [2.75, 3.05) is 13.1 Å². The summed E-state index contributed by atoms with van der Waals surface area (Å²) >= 11 is 0. The highest BCUT2D eigenvalue weighted by molar-refractivity contribution is 7.89. The normalized spacial score (nSPS) is 20.5. The second-order valence-electron chi connectivity index (χ2n) is 8.18. The number of ether oxygens (including phenoxy) is 1. The van der Waals surface area contributed by atoms with Gasteiger partial charge >= 0.3 is 6.18 Å². The van der Waals surface area contributed by atoms with Gasteiger partial charge in [0.15, 0.2) is 0 Å². The average Bonchev–Trinajstić information content (AvgIpc) is 3.11. The third kappa shape index (κ3) is 5.58. The fourth-order valence-electron chi connectivity index (χ4n) is 3.81. The highest BCUT2D eigenvalue weighted by Gasteiger charge is 2.33. The highest BCUT2D eigenvalue weighted by atomic mass is 32.2. The van der Waals surface area contributed by atoms with Crippen molar-refractivity contribution in [3.8, 4) is 5.75 Å². The average molecular weight is 455 g/mol. The van der Waals surface area contributed by atoms with Gasteiger partial charge in [-0.3, -0.25) is 4.90 Å². The van der Waals surface area contributed by atoms with E-state index in [1.165, 1.54) is 12.5 Å². The summed E-state index contributed by atoms with van der Waals surface area (Å²) in [5, 5.41) is 0. The van der Waals surface area contributed by atoms with Gasteiger partial charge in [0.25, 0.3) is 0 Å². The standard InChI is InChI=1S/C22H25F3N2O3S/c23-22(24,25)17-3-1-6-21(13-17)31(28,29)26-18-11-12-27(15-18)14-16-7-9-20(10-8-16)30-19-4-2-5-19/h1,3,6-10,13,18-19,26H,2,4-5,11-12,14-15H2. The number of halogens is 3. The second kappa shape index (κ2) is 8.80. The number of nitrogens with one attached hydrogen (secondary N) is 1. The predicted octanol–water partition coefficient (Wildman–Crippen LogP) is 4.19. The number of benzene rings is 2. The molecule has 1 unspecified atom stereocenters. The lowest BCUT2D eigenvalue weighted by Crippen LogP contribution is -2.37. The molecule has 0 spiro atoms. The number of likely N-dealkylation sites (tertiary alicyclic amines) is 1. The van der Waals surface area contributed by atoms with E-state index in [1.54, 1.807) is 0 Å². The van der Waals surface area contributed by atoms with E-state index < -0.39 is 21.8 Å². The lowest BCUT2D eigenvalue weighted by Gasteiger charge is -2.26. The number of alkyl halides is 3. The van der Waals surface area contributed by atoms with Crippen molar-refractivity contribution < 1.29 is 26.3 Å². The maximum Gasteiger partial charge on any atom is 0.416 e. The van der Waals surface area contributed by atoms with E-state index in [1.807, 2.05) is 24.3 Å². The number of nitrogens with zero attached hydrogens (tertiary/aromatic N) is 1. The number of sulfonamides is 1. The summed E-state index contributed by atoms with van der Waals surface area (Å²) in [7, 11) is -4.03. The zero-order valence-electron chi connectivity index (χ0n) is 16.9. The fraction of sp³-hybridized carbons (Fsp3) is 0.455. The van der Waals surface area contributed by atoms with Crippen LogP contribution in [-0.4, -0.2) is 38.6 Å². The fourth-order valence-corrected chi connectivity index (χ4v) is 5.12. The Balaban J connectivity index is 1.32. The van der Waals surface area contributed by atoms with Gasteiger partial charge in [0.1, 0.15) is 5.75 Å². The zero-order chi connectivity index (χ0) is 22.1. The summed E-state index contributed by atoms with van der Waals surface area (Å²) < 4.78 is 72.3. The topological polar surface area (TPSA) is 58.6 Å². The SMILES string of the molecule is O=S(=O)(NC1CCN(Cc2ccc(OC3CCC3)cc2)C1)c1cccc(C(F)(F)F)c1. The van der Waals surface area contributed by atoms with Gasteiger partial charge < -0.3 is 4.74 Å². The number of hydrogen-bond acceptors (Lipinski definition) is 4. The van der Waals surface area contributed by atoms with Crippen LogP contribution in [0.1, 0.15) is 36.8 Å². The smallest absolute Gasteiger partial charge is 0.416 e. The minimum Gasteiger partial charge on any atom is -0.490 e. The Bertz CT molecular complexity index is 1010. The minimum atomic E-state index is -4.59. The van der Waals surface area contributed by atoms with E-state index in [2.05, 4.69) is 9.62 Å². The van der Waals surface area contributed by atoms with Crippen LogP contribution in [0.4, 0.5) is 13.2 Å². The molecule has 1 aliphatic heterocycles. The lowest BCUT2D eigenvalue weighted by molar-refractivity contribution is -0.137. The molecule has 2 fully saturated rings. The third-order valence-electron chi connectivity index (χ3n) is 5.75. The highest BCUT2D eigenvalue weighted by Crippen LogP contribution is 2.30. The van der Waals surface area contributed by atoms with Crippen LogP contribution in [0.25, 0.3) is 0 Å². The maximum atomic E-state index is 12.9. The zero-order valence-corrected chi connectivity index (χ0v) is 17.8. The van der Waals surface area contributed by atoms with E-state index in [9.17, 15) is 21.6 Å². The summed E-state index contributed by atoms with van der Waals surface area (Å²) in [4.78, 5) is 1.75. The molecule has 0 bridgehead atoms. The van der Waals surface area contributed by atoms with Gasteiger partial charge in [-0.05, 0) is 61.6 Å². The predicted molar refractivity (Wildman–Crippen MR) is 110 cm³/mol. The van der Waals surface area contributed by atoms with E-state index in [0.717, 1.165) is 36.3 Å². The molecule has 0 aromatic heterocycles. The largest absolute Gasteiger partial charge is 0.490 e. The second-order valence-corrected chi connectivity index (χ2v) is 9.90. The number of hydrogen-bond donors (Lipinski definition) is 1. The Morgan fingerprint density at radius 1 is 1.06 bits per heavy atom. The van der Waals surface area contributed by atoms with Gasteiger partial charge in [0.2, 0.25) is 10.0 Å². The van der Waals surface area contributed by atoms with Crippen LogP contribution in [-0.2, 0) is 22.7 Å². The van der Waals surface area contributed by atoms with Gasteiger partial charge in [0, 0.05) is 25.7 Å². The van der Waals surface area contributed by atoms with Gasteiger partial charge in [0.05, 0.1) is 16.6 Å². The Morgan fingerprint density at radius 3 is 2.45 bits per heavy atom. The Labute approximate surface area is 180 Å². The first-order valence-electron chi connectivity index (χ1n) is 10.4. The van der Waals surface area contributed by atoms with Crippen LogP contribution < -0.4 is 9.46 Å². The Kier molecular flexibility index (Phi) is 6.27. The molecule has 1 saturated heterocycles. The van der Waals surface area contributed by atoms with E-state index in [0.29, 0.717) is 38.2 Å². The first-order valence-corrected chi connectivity index (χ1v) is 11.8. The van der Waals surface area contributed by atoms with Gasteiger partial charge in [-0.2, -0.15) is 13.2 Å². The molecule has 2 aromatic rings. The lowest BCUT2D eigenvalue weighted by atomic mass is 9.96. The molecule has 1 aliphatic carbocycles. The van der Waals surface area contributed by atoms with Crippen LogP contribution in [0.5, 0.6) is 5.75 Å². The molecule has 9 heteroatoms. The molecule has 1 atom stereocenters. The van der Waals surface area contributed by atoms with Crippen LogP contribution in [0.15, 0.2) is 53.4 Å². The summed E-state index contributed by atoms with van der Waals surface area (Å²) in [6, 6.07) is 11.4. The molecular formula is C22H25F3N2O3S. The van der Waals surface area contributed by atoms with Crippen molar-refractivity contribution >= 4 is 10.0 Å². The van der Waals surface area contributed by atoms with Crippen molar-refractivity contribution in [3.05, 3.63) is 59.7 Å². The Hall–Kier alpha value is -2.10. The third-order valence-corrected chi connectivity index (χ3v) is 7.27. The summed E-state index contributed by atoms with van der Waals surface area (Å²) in [6.45, 7) is 1.88. The quantitative estimate of drug-likeness (QED) is 0.682. The molecule has 2 aromatic carbocycles. The van der Waals surface area contributed by atoms with E-state index in [4.69, 9.17) is 4.74 Å². The van der Waals surface area contributed by atoms with Crippen LogP contribution >= 0.6 is 0 Å². The van der Waals surface area contributed by atoms with Gasteiger partial charge in [-0.1, -0.05) is 18.2 Å². The molecule has 5 nitrogen and oxygen atoms in total. The first-order chi connectivity index (χ1) is 14.7. The molecule has 1 saturated carbocycles. The molecule has 1 N–H and O–H groups in total. The van der Waals surface area contributed by atoms with Crippen LogP contribution in [0, 0.1) is 0 Å². The monoisotopic (exact) mass is 454 g/mol. The molecular weight excluding hydrogens is 429 g/mol. The van der Waals surface area contributed by atoms with Crippen molar-refractivity contribution in [1.29, 1.82) is 0 Å². The molecule has 0 radical (unpaired) electrons. The van der Waals surface area contributed by atoms with Crippen molar-refractivity contribution in [2.45, 2.75) is 55.4 Å².